The van der Waals surface area contributed by atoms with Crippen LogP contribution in [0.1, 0.15) is 33.7 Å². The Balaban J connectivity index is 1.77. The fourth-order valence-electron chi connectivity index (χ4n) is 4.61. The van der Waals surface area contributed by atoms with E-state index in [1.165, 1.54) is 0 Å². The number of amides is 2. The van der Waals surface area contributed by atoms with E-state index in [-0.39, 0.29) is 24.7 Å². The van der Waals surface area contributed by atoms with Crippen molar-refractivity contribution in [3.63, 3.8) is 0 Å². The lowest BCUT2D eigenvalue weighted by Crippen LogP contribution is -2.50. The van der Waals surface area contributed by atoms with Gasteiger partial charge in [0.25, 0.3) is 0 Å². The summed E-state index contributed by atoms with van der Waals surface area (Å²) in [6, 6.07) is 32.6. The summed E-state index contributed by atoms with van der Waals surface area (Å²) in [7, 11) is 1.59. The van der Waals surface area contributed by atoms with Crippen LogP contribution < -0.4 is 16.2 Å². The number of nitrogens with one attached hydrogen (secondary N) is 1. The van der Waals surface area contributed by atoms with Crippen LogP contribution in [0.15, 0.2) is 109 Å². The van der Waals surface area contributed by atoms with Gasteiger partial charge in [-0.25, -0.2) is 0 Å². The molecule has 0 saturated carbocycles. The highest BCUT2D eigenvalue weighted by atomic mass is 16.5. The number of nitrogens with zero attached hydrogens (tertiary/aromatic N) is 1. The maximum Gasteiger partial charge on any atom is 0.240 e. The number of primary amides is 1. The standard InChI is InChI=1S/C32H32N4O3/c1-39-27-18-14-23(15-19-27)21-36(28(31(35)37)20-22-12-16-26(17-13-22)30(33)34)32(38)29(24-8-4-2-5-9-24)25-10-6-3-7-11-25/h2-19,28-29H,20-21H2,1H3,(H3,33,34)(H2,35,37)/t28-/m1/s1. The first kappa shape index (κ1) is 27.1. The van der Waals surface area contributed by atoms with Crippen molar-refractivity contribution in [2.45, 2.75) is 24.9 Å². The molecular formula is C32H32N4O3. The van der Waals surface area contributed by atoms with Gasteiger partial charge in [-0.15, -0.1) is 0 Å². The highest BCUT2D eigenvalue weighted by molar-refractivity contribution is 5.95. The van der Waals surface area contributed by atoms with Crippen molar-refractivity contribution in [1.29, 1.82) is 5.41 Å². The molecule has 0 saturated heterocycles. The molecule has 4 rings (SSSR count). The van der Waals surface area contributed by atoms with Crippen LogP contribution in [-0.2, 0) is 22.6 Å². The molecule has 0 aliphatic carbocycles. The summed E-state index contributed by atoms with van der Waals surface area (Å²) in [5, 5.41) is 7.65. The average Bonchev–Trinajstić information content (AvgIpc) is 2.96. The zero-order valence-corrected chi connectivity index (χ0v) is 21.8. The van der Waals surface area contributed by atoms with Crippen LogP contribution in [0.3, 0.4) is 0 Å². The Kier molecular flexibility index (Phi) is 8.74. The second kappa shape index (κ2) is 12.6. The van der Waals surface area contributed by atoms with Gasteiger partial charge in [-0.3, -0.25) is 15.0 Å². The number of methoxy groups -OCH3 is 1. The van der Waals surface area contributed by atoms with E-state index in [2.05, 4.69) is 0 Å². The van der Waals surface area contributed by atoms with Crippen molar-refractivity contribution in [1.82, 2.24) is 4.90 Å². The van der Waals surface area contributed by atoms with Crippen molar-refractivity contribution in [2.24, 2.45) is 11.5 Å². The van der Waals surface area contributed by atoms with Crippen molar-refractivity contribution >= 4 is 17.6 Å². The molecule has 0 fully saturated rings. The van der Waals surface area contributed by atoms with Crippen LogP contribution in [-0.4, -0.2) is 35.7 Å². The number of ether oxygens (including phenoxy) is 1. The summed E-state index contributed by atoms with van der Waals surface area (Å²) in [5.41, 5.74) is 15.4. The first-order valence-corrected chi connectivity index (χ1v) is 12.6. The minimum Gasteiger partial charge on any atom is -0.497 e. The number of nitrogen functional groups attached to an aromatic ring is 1. The lowest BCUT2D eigenvalue weighted by Gasteiger charge is -2.33. The smallest absolute Gasteiger partial charge is 0.240 e. The summed E-state index contributed by atoms with van der Waals surface area (Å²) >= 11 is 0. The number of rotatable bonds is 11. The van der Waals surface area contributed by atoms with Crippen molar-refractivity contribution in [3.8, 4) is 5.75 Å². The maximum atomic E-state index is 14.5. The predicted molar refractivity (Wildman–Crippen MR) is 152 cm³/mol. The van der Waals surface area contributed by atoms with Gasteiger partial charge in [0.15, 0.2) is 0 Å². The van der Waals surface area contributed by atoms with E-state index in [9.17, 15) is 9.59 Å². The number of carbonyl (C=O) groups excluding carboxylic acids is 2. The zero-order chi connectivity index (χ0) is 27.8. The van der Waals surface area contributed by atoms with Crippen LogP contribution in [0.2, 0.25) is 0 Å². The number of nitrogens with two attached hydrogens (primary N) is 2. The largest absolute Gasteiger partial charge is 0.497 e. The molecule has 39 heavy (non-hydrogen) atoms. The highest BCUT2D eigenvalue weighted by Gasteiger charge is 2.34. The molecule has 0 aromatic heterocycles. The molecule has 0 unspecified atom stereocenters. The Hall–Kier alpha value is -4.91. The second-order valence-corrected chi connectivity index (χ2v) is 9.30. The van der Waals surface area contributed by atoms with E-state index in [1.54, 1.807) is 36.3 Å². The van der Waals surface area contributed by atoms with Gasteiger partial charge in [0.1, 0.15) is 17.6 Å². The van der Waals surface area contributed by atoms with Crippen molar-refractivity contribution < 1.29 is 14.3 Å². The minimum atomic E-state index is -0.919. The molecule has 5 N–H and O–H groups in total. The molecule has 0 heterocycles. The van der Waals surface area contributed by atoms with Gasteiger partial charge in [0.05, 0.1) is 13.0 Å². The monoisotopic (exact) mass is 520 g/mol. The molecule has 0 aliphatic rings. The number of hydrogen-bond donors (Lipinski definition) is 3. The van der Waals surface area contributed by atoms with Crippen LogP contribution >= 0.6 is 0 Å². The lowest BCUT2D eigenvalue weighted by atomic mass is 9.89. The number of carbonyl (C=O) groups is 2. The minimum absolute atomic E-state index is 0.0436. The van der Waals surface area contributed by atoms with Crippen molar-refractivity contribution in [3.05, 3.63) is 137 Å². The first-order valence-electron chi connectivity index (χ1n) is 12.6. The van der Waals surface area contributed by atoms with Gasteiger partial charge in [0, 0.05) is 18.5 Å². The normalized spacial score (nSPS) is 11.5. The lowest BCUT2D eigenvalue weighted by molar-refractivity contribution is -0.140. The molecule has 7 heteroatoms. The van der Waals surface area contributed by atoms with Crippen LogP contribution in [0, 0.1) is 5.41 Å². The third-order valence-electron chi connectivity index (χ3n) is 6.71. The van der Waals surface area contributed by atoms with E-state index in [4.69, 9.17) is 21.6 Å². The van der Waals surface area contributed by atoms with Gasteiger partial charge in [0.2, 0.25) is 11.8 Å². The summed E-state index contributed by atoms with van der Waals surface area (Å²) in [5.74, 6) is -0.815. The Morgan fingerprint density at radius 1 is 0.769 bits per heavy atom. The molecule has 1 atom stereocenters. The third kappa shape index (κ3) is 6.70. The van der Waals surface area contributed by atoms with Gasteiger partial charge in [-0.1, -0.05) is 97.1 Å². The second-order valence-electron chi connectivity index (χ2n) is 9.30. The van der Waals surface area contributed by atoms with E-state index in [0.717, 1.165) is 22.3 Å². The molecule has 0 radical (unpaired) electrons. The summed E-state index contributed by atoms with van der Waals surface area (Å²) < 4.78 is 5.29. The molecule has 198 valence electrons. The summed E-state index contributed by atoms with van der Waals surface area (Å²) in [6.07, 6.45) is 0.214. The van der Waals surface area contributed by atoms with E-state index < -0.39 is 17.9 Å². The molecule has 0 aliphatic heterocycles. The van der Waals surface area contributed by atoms with Gasteiger partial charge >= 0.3 is 0 Å². The zero-order valence-electron chi connectivity index (χ0n) is 21.8. The SMILES string of the molecule is COc1ccc(CN(C(=O)C(c2ccccc2)c2ccccc2)[C@H](Cc2ccc(C(=N)N)cc2)C(N)=O)cc1. The molecule has 4 aromatic carbocycles. The van der Waals surface area contributed by atoms with Gasteiger partial charge in [-0.05, 0) is 34.4 Å². The maximum absolute atomic E-state index is 14.5. The topological polar surface area (TPSA) is 122 Å². The molecule has 7 nitrogen and oxygen atoms in total. The molecule has 4 aromatic rings. The first-order chi connectivity index (χ1) is 18.9. The van der Waals surface area contributed by atoms with E-state index >= 15 is 0 Å². The average molecular weight is 521 g/mol. The summed E-state index contributed by atoms with van der Waals surface area (Å²) in [6.45, 7) is 0.179. The fourth-order valence-corrected chi connectivity index (χ4v) is 4.61. The van der Waals surface area contributed by atoms with Crippen LogP contribution in [0.4, 0.5) is 0 Å². The quantitative estimate of drug-likeness (QED) is 0.202. The van der Waals surface area contributed by atoms with Crippen LogP contribution in [0.25, 0.3) is 0 Å². The number of benzene rings is 4. The predicted octanol–water partition coefficient (Wildman–Crippen LogP) is 4.24. The molecule has 2 amide bonds. The molecule has 0 spiro atoms. The Morgan fingerprint density at radius 2 is 1.28 bits per heavy atom. The van der Waals surface area contributed by atoms with Gasteiger partial charge < -0.3 is 21.1 Å². The van der Waals surface area contributed by atoms with Crippen LogP contribution in [0.5, 0.6) is 5.75 Å². The Morgan fingerprint density at radius 3 is 1.74 bits per heavy atom. The molecular weight excluding hydrogens is 488 g/mol. The fraction of sp³-hybridized carbons (Fsp3) is 0.156. The van der Waals surface area contributed by atoms with Gasteiger partial charge in [-0.2, -0.15) is 0 Å². The Labute approximate surface area is 228 Å². The molecule has 0 bridgehead atoms. The number of amidine groups is 1. The van der Waals surface area contributed by atoms with E-state index in [1.807, 2.05) is 84.9 Å². The highest BCUT2D eigenvalue weighted by Crippen LogP contribution is 2.29. The van der Waals surface area contributed by atoms with Crippen molar-refractivity contribution in [2.75, 3.05) is 7.11 Å². The van der Waals surface area contributed by atoms with E-state index in [0.29, 0.717) is 11.3 Å². The number of hydrogen-bond acceptors (Lipinski definition) is 4. The summed E-state index contributed by atoms with van der Waals surface area (Å²) in [4.78, 5) is 29.0. The Bertz CT molecular complexity index is 1370. The third-order valence-corrected chi connectivity index (χ3v) is 6.71.